The Morgan fingerprint density at radius 1 is 0.929 bits per heavy atom. The van der Waals surface area contributed by atoms with Crippen molar-refractivity contribution in [3.8, 4) is 11.5 Å². The number of carbonyl (C=O) groups excluding carboxylic acids is 3. The maximum atomic E-state index is 13.7. The Hall–Kier alpha value is -3.59. The number of carbonyl (C=O) groups is 3. The molecule has 0 aliphatic carbocycles. The van der Waals surface area contributed by atoms with E-state index in [1.165, 1.54) is 0 Å². The van der Waals surface area contributed by atoms with Gasteiger partial charge in [0, 0.05) is 71.3 Å². The zero-order chi connectivity index (χ0) is 29.5. The summed E-state index contributed by atoms with van der Waals surface area (Å²) >= 11 is 0. The van der Waals surface area contributed by atoms with Gasteiger partial charge < -0.3 is 24.2 Å². The van der Waals surface area contributed by atoms with Gasteiger partial charge in [0.1, 0.15) is 11.5 Å². The molecule has 0 spiro atoms. The van der Waals surface area contributed by atoms with Crippen LogP contribution in [-0.2, 0) is 27.5 Å². The average Bonchev–Trinajstić information content (AvgIpc) is 3.01. The number of methoxy groups -OCH3 is 1. The molecule has 2 fully saturated rings. The van der Waals surface area contributed by atoms with Gasteiger partial charge in [-0.15, -0.1) is 0 Å². The van der Waals surface area contributed by atoms with Crippen LogP contribution in [0.1, 0.15) is 43.7 Å². The van der Waals surface area contributed by atoms with E-state index in [1.54, 1.807) is 18.9 Å². The third-order valence-corrected chi connectivity index (χ3v) is 9.03. The first-order chi connectivity index (χ1) is 20.4. The van der Waals surface area contributed by atoms with E-state index in [-0.39, 0.29) is 29.6 Å². The minimum atomic E-state index is 0.0653. The van der Waals surface area contributed by atoms with Crippen molar-refractivity contribution < 1.29 is 23.9 Å². The van der Waals surface area contributed by atoms with E-state index >= 15 is 0 Å². The normalized spacial score (nSPS) is 22.2. The second kappa shape index (κ2) is 14.1. The van der Waals surface area contributed by atoms with Gasteiger partial charge in [-0.3, -0.25) is 19.3 Å². The van der Waals surface area contributed by atoms with Crippen LogP contribution in [0.2, 0.25) is 0 Å². The molecular weight excluding hydrogens is 532 g/mol. The van der Waals surface area contributed by atoms with Gasteiger partial charge in [-0.1, -0.05) is 30.3 Å². The van der Waals surface area contributed by atoms with Gasteiger partial charge in [0.15, 0.2) is 0 Å². The molecule has 9 nitrogen and oxygen atoms in total. The van der Waals surface area contributed by atoms with Crippen LogP contribution in [0.25, 0.3) is 0 Å². The molecule has 2 bridgehead atoms. The molecule has 5 rings (SSSR count). The second-order valence-electron chi connectivity index (χ2n) is 11.8. The van der Waals surface area contributed by atoms with E-state index in [2.05, 4.69) is 11.0 Å². The molecule has 3 aliphatic heterocycles. The van der Waals surface area contributed by atoms with Crippen molar-refractivity contribution in [2.24, 2.45) is 11.8 Å². The topological polar surface area (TPSA) is 82.6 Å². The zero-order valence-corrected chi connectivity index (χ0v) is 25.0. The van der Waals surface area contributed by atoms with Gasteiger partial charge >= 0.3 is 0 Å². The molecule has 9 heteroatoms. The lowest BCUT2D eigenvalue weighted by Crippen LogP contribution is -2.51. The van der Waals surface area contributed by atoms with Crippen LogP contribution in [-0.4, -0.2) is 96.9 Å². The molecule has 42 heavy (non-hydrogen) atoms. The molecule has 0 N–H and O–H groups in total. The fraction of sp³-hybridized carbons (Fsp3) is 0.545. The lowest BCUT2D eigenvalue weighted by atomic mass is 9.80. The predicted octanol–water partition coefficient (Wildman–Crippen LogP) is 3.42. The number of rotatable bonds is 5. The summed E-state index contributed by atoms with van der Waals surface area (Å²) in [6.07, 6.45) is 3.12. The SMILES string of the molecule is COc1ccc(CN2CC(=O)N3CC[C@@H](CC(=O)N4CCN(C(C)=O)CC4)[C@@H](CCCOc4ccccc4C2)C3)cc1. The third kappa shape index (κ3) is 7.62. The minimum absolute atomic E-state index is 0.0653. The summed E-state index contributed by atoms with van der Waals surface area (Å²) in [6.45, 7) is 7.49. The first-order valence-corrected chi connectivity index (χ1v) is 15.3. The fourth-order valence-corrected chi connectivity index (χ4v) is 6.52. The van der Waals surface area contributed by atoms with Gasteiger partial charge in [-0.05, 0) is 54.9 Å². The van der Waals surface area contributed by atoms with Crippen LogP contribution in [0.4, 0.5) is 0 Å². The summed E-state index contributed by atoms with van der Waals surface area (Å²) in [5.74, 6) is 2.53. The van der Waals surface area contributed by atoms with Crippen LogP contribution in [0.15, 0.2) is 48.5 Å². The number of nitrogens with zero attached hydrogens (tertiary/aromatic N) is 4. The highest BCUT2D eigenvalue weighted by Gasteiger charge is 2.34. The number of hydrogen-bond acceptors (Lipinski definition) is 6. The fourth-order valence-electron chi connectivity index (χ4n) is 6.52. The van der Waals surface area contributed by atoms with E-state index in [0.717, 1.165) is 41.9 Å². The van der Waals surface area contributed by atoms with Gasteiger partial charge in [0.05, 0.1) is 20.3 Å². The number of ether oxygens (including phenoxy) is 2. The summed E-state index contributed by atoms with van der Waals surface area (Å²) < 4.78 is 11.6. The van der Waals surface area contributed by atoms with Crippen molar-refractivity contribution in [1.82, 2.24) is 19.6 Å². The summed E-state index contributed by atoms with van der Waals surface area (Å²) in [6, 6.07) is 16.1. The molecule has 2 aromatic rings. The van der Waals surface area contributed by atoms with Crippen LogP contribution in [0.3, 0.4) is 0 Å². The van der Waals surface area contributed by atoms with Crippen LogP contribution in [0, 0.1) is 11.8 Å². The zero-order valence-electron chi connectivity index (χ0n) is 25.0. The predicted molar refractivity (Wildman–Crippen MR) is 160 cm³/mol. The molecular formula is C33H44N4O5. The number of piperazine rings is 1. The molecule has 2 aromatic carbocycles. The number of piperidine rings is 1. The third-order valence-electron chi connectivity index (χ3n) is 9.03. The van der Waals surface area contributed by atoms with Crippen molar-refractivity contribution in [2.75, 3.05) is 59.5 Å². The maximum Gasteiger partial charge on any atom is 0.236 e. The molecule has 3 heterocycles. The highest BCUT2D eigenvalue weighted by Crippen LogP contribution is 2.32. The van der Waals surface area contributed by atoms with E-state index in [1.807, 2.05) is 52.3 Å². The van der Waals surface area contributed by atoms with E-state index < -0.39 is 0 Å². The Bertz CT molecular complexity index is 1230. The first kappa shape index (κ1) is 29.9. The Labute approximate surface area is 249 Å². The highest BCUT2D eigenvalue weighted by atomic mass is 16.5. The van der Waals surface area contributed by atoms with E-state index in [0.29, 0.717) is 71.9 Å². The summed E-state index contributed by atoms with van der Waals surface area (Å²) in [7, 11) is 1.66. The van der Waals surface area contributed by atoms with Crippen molar-refractivity contribution in [3.05, 3.63) is 59.7 Å². The molecule has 226 valence electrons. The molecule has 0 radical (unpaired) electrons. The first-order valence-electron chi connectivity index (χ1n) is 15.3. The second-order valence-corrected chi connectivity index (χ2v) is 11.8. The van der Waals surface area contributed by atoms with Crippen LogP contribution in [0.5, 0.6) is 11.5 Å². The maximum absolute atomic E-state index is 13.7. The average molecular weight is 577 g/mol. The lowest BCUT2D eigenvalue weighted by Gasteiger charge is -2.40. The van der Waals surface area contributed by atoms with Crippen molar-refractivity contribution in [3.63, 3.8) is 0 Å². The quantitative estimate of drug-likeness (QED) is 0.543. The van der Waals surface area contributed by atoms with Crippen LogP contribution < -0.4 is 9.47 Å². The van der Waals surface area contributed by atoms with Gasteiger partial charge in [-0.25, -0.2) is 0 Å². The molecule has 2 atom stereocenters. The number of fused-ring (bicyclic) bond motifs is 3. The monoisotopic (exact) mass is 576 g/mol. The summed E-state index contributed by atoms with van der Waals surface area (Å²) in [5, 5.41) is 0. The van der Waals surface area contributed by atoms with Crippen molar-refractivity contribution in [1.29, 1.82) is 0 Å². The van der Waals surface area contributed by atoms with Crippen LogP contribution >= 0.6 is 0 Å². The number of hydrogen-bond donors (Lipinski definition) is 0. The number of benzene rings is 2. The number of amides is 3. The number of para-hydroxylation sites is 1. The summed E-state index contributed by atoms with van der Waals surface area (Å²) in [4.78, 5) is 46.6. The molecule has 0 aromatic heterocycles. The van der Waals surface area contributed by atoms with E-state index in [9.17, 15) is 14.4 Å². The van der Waals surface area contributed by atoms with E-state index in [4.69, 9.17) is 9.47 Å². The molecule has 0 unspecified atom stereocenters. The highest BCUT2D eigenvalue weighted by molar-refractivity contribution is 5.79. The summed E-state index contributed by atoms with van der Waals surface area (Å²) in [5.41, 5.74) is 2.19. The molecule has 2 saturated heterocycles. The smallest absolute Gasteiger partial charge is 0.236 e. The van der Waals surface area contributed by atoms with Crippen molar-refractivity contribution >= 4 is 17.7 Å². The van der Waals surface area contributed by atoms with Crippen molar-refractivity contribution in [2.45, 2.75) is 45.7 Å². The Balaban J connectivity index is 1.28. The Morgan fingerprint density at radius 3 is 2.40 bits per heavy atom. The molecule has 0 saturated carbocycles. The Morgan fingerprint density at radius 2 is 1.67 bits per heavy atom. The minimum Gasteiger partial charge on any atom is -0.497 e. The van der Waals surface area contributed by atoms with Gasteiger partial charge in [0.25, 0.3) is 0 Å². The standard InChI is InChI=1S/C33H44N4O5/c1-25(38)35-15-17-36(18-16-35)32(39)20-27-13-14-37-23-28(27)7-5-19-42-31-8-4-3-6-29(31)22-34(24-33(37)40)21-26-9-11-30(41-2)12-10-26/h3-4,6,8-12,27-28H,5,7,13-24H2,1-2H3/t27-,28-/m0/s1. The van der Waals surface area contributed by atoms with Gasteiger partial charge in [0.2, 0.25) is 17.7 Å². The molecule has 3 aliphatic rings. The Kier molecular flexibility index (Phi) is 10.00. The largest absolute Gasteiger partial charge is 0.497 e. The molecule has 3 amide bonds. The lowest BCUT2D eigenvalue weighted by molar-refractivity contribution is -0.140. The van der Waals surface area contributed by atoms with Gasteiger partial charge in [-0.2, -0.15) is 0 Å².